The van der Waals surface area contributed by atoms with Crippen LogP contribution < -0.4 is 0 Å². The van der Waals surface area contributed by atoms with E-state index in [0.717, 1.165) is 15.6 Å². The van der Waals surface area contributed by atoms with Crippen molar-refractivity contribution in [2.24, 2.45) is 0 Å². The molecule has 3 nitrogen and oxygen atoms in total. The van der Waals surface area contributed by atoms with Crippen LogP contribution in [0.5, 0.6) is 0 Å². The average molecular weight is 173 g/mol. The number of hydrogen-bond donors (Lipinski definition) is 1. The number of nitrogens with zero attached hydrogens (tertiary/aromatic N) is 1. The molecule has 0 aromatic carbocycles. The van der Waals surface area contributed by atoms with Crippen LogP contribution in [0.4, 0.5) is 0 Å². The van der Waals surface area contributed by atoms with Gasteiger partial charge < -0.3 is 9.84 Å². The summed E-state index contributed by atoms with van der Waals surface area (Å²) in [4.78, 5) is 5.23. The number of rotatable bonds is 3. The predicted octanol–water partition coefficient (Wildman–Crippen LogP) is 1.09. The summed E-state index contributed by atoms with van der Waals surface area (Å²) in [5.74, 6) is 0. The van der Waals surface area contributed by atoms with Gasteiger partial charge >= 0.3 is 0 Å². The third-order valence-corrected chi connectivity index (χ3v) is 2.46. The molecule has 0 atom stereocenters. The largest absolute Gasteiger partial charge is 0.389 e. The van der Waals surface area contributed by atoms with Gasteiger partial charge in [-0.15, -0.1) is 11.3 Å². The molecule has 0 saturated carbocycles. The third-order valence-electron chi connectivity index (χ3n) is 1.35. The van der Waals surface area contributed by atoms with E-state index in [1.54, 1.807) is 7.11 Å². The molecule has 1 aromatic rings. The highest BCUT2D eigenvalue weighted by Crippen LogP contribution is 2.18. The topological polar surface area (TPSA) is 42.4 Å². The van der Waals surface area contributed by atoms with Gasteiger partial charge in [0.1, 0.15) is 5.01 Å². The molecule has 0 fully saturated rings. The molecular weight excluding hydrogens is 162 g/mol. The zero-order valence-corrected chi connectivity index (χ0v) is 7.44. The van der Waals surface area contributed by atoms with E-state index >= 15 is 0 Å². The summed E-state index contributed by atoms with van der Waals surface area (Å²) < 4.78 is 4.96. The number of ether oxygens (including phenoxy) is 1. The Labute approximate surface area is 69.7 Å². The Hall–Kier alpha value is -0.450. The van der Waals surface area contributed by atoms with E-state index in [0.29, 0.717) is 6.61 Å². The fourth-order valence-electron chi connectivity index (χ4n) is 0.821. The first-order chi connectivity index (χ1) is 5.27. The summed E-state index contributed by atoms with van der Waals surface area (Å²) in [5.41, 5.74) is 0.959. The maximum atomic E-state index is 8.75. The summed E-state index contributed by atoms with van der Waals surface area (Å²) in [5, 5.41) is 9.51. The fourth-order valence-corrected chi connectivity index (χ4v) is 1.72. The molecule has 0 saturated heterocycles. The van der Waals surface area contributed by atoms with Crippen molar-refractivity contribution in [3.8, 4) is 0 Å². The average Bonchev–Trinajstić information content (AvgIpc) is 2.33. The van der Waals surface area contributed by atoms with Crippen molar-refractivity contribution in [3.63, 3.8) is 0 Å². The molecular formula is C7H11NO2S. The Morgan fingerprint density at radius 3 is 2.82 bits per heavy atom. The lowest BCUT2D eigenvalue weighted by Crippen LogP contribution is -1.85. The number of methoxy groups -OCH3 is 1. The lowest BCUT2D eigenvalue weighted by atomic mass is 10.4. The molecule has 0 aliphatic heterocycles. The normalized spacial score (nSPS) is 10.5. The molecule has 0 unspecified atom stereocenters. The van der Waals surface area contributed by atoms with Gasteiger partial charge in [-0.1, -0.05) is 0 Å². The highest BCUT2D eigenvalue weighted by molar-refractivity contribution is 7.11. The second kappa shape index (κ2) is 3.80. The first-order valence-electron chi connectivity index (χ1n) is 3.33. The van der Waals surface area contributed by atoms with Gasteiger partial charge in [0.25, 0.3) is 0 Å². The van der Waals surface area contributed by atoms with E-state index in [2.05, 4.69) is 4.98 Å². The molecule has 0 bridgehead atoms. The second-order valence-corrected chi connectivity index (χ2v) is 3.38. The van der Waals surface area contributed by atoms with E-state index < -0.39 is 0 Å². The summed E-state index contributed by atoms with van der Waals surface area (Å²) >= 11 is 1.50. The van der Waals surface area contributed by atoms with Gasteiger partial charge in [0.15, 0.2) is 0 Å². The minimum Gasteiger partial charge on any atom is -0.389 e. The van der Waals surface area contributed by atoms with Crippen LogP contribution in [0.2, 0.25) is 0 Å². The van der Waals surface area contributed by atoms with E-state index in [9.17, 15) is 0 Å². The molecule has 0 aliphatic rings. The zero-order chi connectivity index (χ0) is 8.27. The molecule has 11 heavy (non-hydrogen) atoms. The van der Waals surface area contributed by atoms with E-state index in [1.165, 1.54) is 11.3 Å². The molecule has 1 N–H and O–H groups in total. The fraction of sp³-hybridized carbons (Fsp3) is 0.571. The van der Waals surface area contributed by atoms with Crippen LogP contribution in [0.25, 0.3) is 0 Å². The van der Waals surface area contributed by atoms with Crippen LogP contribution in [-0.4, -0.2) is 17.2 Å². The van der Waals surface area contributed by atoms with E-state index in [1.807, 2.05) is 6.92 Å². The second-order valence-electron chi connectivity index (χ2n) is 2.21. The molecule has 0 radical (unpaired) electrons. The standard InChI is InChI=1S/C7H11NO2S/c1-5-6(4-10-2)11-7(3-9)8-5/h9H,3-4H2,1-2H3. The predicted molar refractivity (Wildman–Crippen MR) is 43.5 cm³/mol. The van der Waals surface area contributed by atoms with Gasteiger partial charge in [-0.3, -0.25) is 0 Å². The van der Waals surface area contributed by atoms with Crippen LogP contribution in [0.1, 0.15) is 15.6 Å². The maximum Gasteiger partial charge on any atom is 0.119 e. The number of thiazole rings is 1. The number of hydrogen-bond acceptors (Lipinski definition) is 4. The van der Waals surface area contributed by atoms with Crippen molar-refractivity contribution in [3.05, 3.63) is 15.6 Å². The Morgan fingerprint density at radius 1 is 1.64 bits per heavy atom. The quantitative estimate of drug-likeness (QED) is 0.744. The van der Waals surface area contributed by atoms with E-state index in [4.69, 9.17) is 9.84 Å². The van der Waals surface area contributed by atoms with Crippen molar-refractivity contribution in [1.82, 2.24) is 4.98 Å². The number of aliphatic hydroxyl groups excluding tert-OH is 1. The Morgan fingerprint density at radius 2 is 2.36 bits per heavy atom. The first-order valence-corrected chi connectivity index (χ1v) is 4.14. The Bertz CT molecular complexity index is 234. The lowest BCUT2D eigenvalue weighted by Gasteiger charge is -1.92. The summed E-state index contributed by atoms with van der Waals surface area (Å²) in [6.07, 6.45) is 0. The lowest BCUT2D eigenvalue weighted by molar-refractivity contribution is 0.187. The molecule has 1 heterocycles. The van der Waals surface area contributed by atoms with Gasteiger partial charge in [0.2, 0.25) is 0 Å². The third kappa shape index (κ3) is 1.99. The molecule has 0 aliphatic carbocycles. The number of aryl methyl sites for hydroxylation is 1. The van der Waals surface area contributed by atoms with Crippen LogP contribution in [-0.2, 0) is 18.0 Å². The monoisotopic (exact) mass is 173 g/mol. The molecule has 4 heteroatoms. The van der Waals surface area contributed by atoms with Crippen molar-refractivity contribution in [1.29, 1.82) is 0 Å². The van der Waals surface area contributed by atoms with Gasteiger partial charge in [-0.2, -0.15) is 0 Å². The minimum absolute atomic E-state index is 0.0230. The number of aliphatic hydroxyl groups is 1. The van der Waals surface area contributed by atoms with E-state index in [-0.39, 0.29) is 6.61 Å². The van der Waals surface area contributed by atoms with Crippen LogP contribution in [0.3, 0.4) is 0 Å². The Balaban J connectivity index is 2.79. The summed E-state index contributed by atoms with van der Waals surface area (Å²) in [6, 6.07) is 0. The molecule has 1 rings (SSSR count). The van der Waals surface area contributed by atoms with Gasteiger partial charge in [0, 0.05) is 7.11 Å². The van der Waals surface area contributed by atoms with Crippen molar-refractivity contribution in [2.45, 2.75) is 20.1 Å². The van der Waals surface area contributed by atoms with Crippen molar-refractivity contribution < 1.29 is 9.84 Å². The Kier molecular flexibility index (Phi) is 2.99. The molecule has 1 aromatic heterocycles. The zero-order valence-electron chi connectivity index (χ0n) is 6.63. The first kappa shape index (κ1) is 8.64. The van der Waals surface area contributed by atoms with Gasteiger partial charge in [-0.25, -0.2) is 4.98 Å². The van der Waals surface area contributed by atoms with Crippen LogP contribution in [0.15, 0.2) is 0 Å². The minimum atomic E-state index is 0.0230. The highest BCUT2D eigenvalue weighted by atomic mass is 32.1. The smallest absolute Gasteiger partial charge is 0.119 e. The highest BCUT2D eigenvalue weighted by Gasteiger charge is 2.05. The van der Waals surface area contributed by atoms with Crippen molar-refractivity contribution >= 4 is 11.3 Å². The molecule has 0 spiro atoms. The van der Waals surface area contributed by atoms with Crippen LogP contribution in [0, 0.1) is 6.92 Å². The van der Waals surface area contributed by atoms with Crippen LogP contribution >= 0.6 is 11.3 Å². The number of aromatic nitrogens is 1. The summed E-state index contributed by atoms with van der Waals surface area (Å²) in [7, 11) is 1.65. The molecule has 0 amide bonds. The molecule has 62 valence electrons. The summed E-state index contributed by atoms with van der Waals surface area (Å²) in [6.45, 7) is 2.53. The van der Waals surface area contributed by atoms with Gasteiger partial charge in [0.05, 0.1) is 23.8 Å². The van der Waals surface area contributed by atoms with Gasteiger partial charge in [-0.05, 0) is 6.92 Å². The van der Waals surface area contributed by atoms with Crippen molar-refractivity contribution in [2.75, 3.05) is 7.11 Å². The SMILES string of the molecule is COCc1sc(CO)nc1C. The maximum absolute atomic E-state index is 8.75.